The lowest BCUT2D eigenvalue weighted by Crippen LogP contribution is -2.31. The molecule has 0 aromatic heterocycles. The van der Waals surface area contributed by atoms with Gasteiger partial charge in [0.15, 0.2) is 0 Å². The van der Waals surface area contributed by atoms with E-state index in [0.717, 1.165) is 25.6 Å². The molecule has 1 atom stereocenters. The molecular weight excluding hydrogens is 258 g/mol. The predicted octanol–water partition coefficient (Wildman–Crippen LogP) is 2.36. The number of likely N-dealkylation sites (tertiary alicyclic amines) is 1. The zero-order valence-corrected chi connectivity index (χ0v) is 14.1. The first-order valence-corrected chi connectivity index (χ1v) is 8.25. The molecule has 0 saturated carbocycles. The topological polar surface area (TPSA) is 18.5 Å². The van der Waals surface area contributed by atoms with E-state index < -0.39 is 0 Å². The number of benzene rings is 1. The molecule has 1 heterocycles. The molecular formula is C18H31N3. The molecule has 0 spiro atoms. The first kappa shape index (κ1) is 16.5. The maximum Gasteiger partial charge on any atom is 0.0237 e. The number of rotatable bonds is 7. The lowest BCUT2D eigenvalue weighted by molar-refractivity contribution is 0.264. The molecule has 1 fully saturated rings. The van der Waals surface area contributed by atoms with Gasteiger partial charge in [0, 0.05) is 31.7 Å². The van der Waals surface area contributed by atoms with E-state index in [9.17, 15) is 0 Å². The summed E-state index contributed by atoms with van der Waals surface area (Å²) in [5.41, 5.74) is 3.00. The third-order valence-electron chi connectivity index (χ3n) is 4.44. The molecule has 3 heteroatoms. The zero-order valence-electron chi connectivity index (χ0n) is 14.1. The fourth-order valence-electron chi connectivity index (χ4n) is 3.07. The molecule has 1 aromatic carbocycles. The number of nitrogens with one attached hydrogen (secondary N) is 1. The molecule has 0 radical (unpaired) electrons. The number of hydrogen-bond acceptors (Lipinski definition) is 3. The Hall–Kier alpha value is -0.900. The van der Waals surface area contributed by atoms with Crippen LogP contribution < -0.4 is 5.32 Å². The minimum absolute atomic E-state index is 0.566. The summed E-state index contributed by atoms with van der Waals surface area (Å²) >= 11 is 0. The molecule has 0 aliphatic carbocycles. The van der Waals surface area contributed by atoms with E-state index in [0.29, 0.717) is 6.04 Å². The van der Waals surface area contributed by atoms with Crippen LogP contribution in [0.15, 0.2) is 24.3 Å². The van der Waals surface area contributed by atoms with Gasteiger partial charge < -0.3 is 10.2 Å². The van der Waals surface area contributed by atoms with Crippen LogP contribution in [-0.2, 0) is 13.0 Å². The van der Waals surface area contributed by atoms with Gasteiger partial charge in [0.25, 0.3) is 0 Å². The quantitative estimate of drug-likeness (QED) is 0.831. The molecule has 118 valence electrons. The van der Waals surface area contributed by atoms with Crippen LogP contribution >= 0.6 is 0 Å². The largest absolute Gasteiger partial charge is 0.314 e. The minimum Gasteiger partial charge on any atom is -0.314 e. The van der Waals surface area contributed by atoms with Crippen molar-refractivity contribution in [3.8, 4) is 0 Å². The Morgan fingerprint density at radius 1 is 1.24 bits per heavy atom. The highest BCUT2D eigenvalue weighted by Crippen LogP contribution is 2.18. The first-order chi connectivity index (χ1) is 10.1. The maximum absolute atomic E-state index is 3.52. The second-order valence-corrected chi connectivity index (χ2v) is 6.77. The Morgan fingerprint density at radius 3 is 2.57 bits per heavy atom. The second-order valence-electron chi connectivity index (χ2n) is 6.77. The van der Waals surface area contributed by atoms with Gasteiger partial charge in [-0.2, -0.15) is 0 Å². The van der Waals surface area contributed by atoms with Gasteiger partial charge in [0.2, 0.25) is 0 Å². The Kier molecular flexibility index (Phi) is 6.22. The van der Waals surface area contributed by atoms with Crippen molar-refractivity contribution in [1.82, 2.24) is 15.1 Å². The third-order valence-corrected chi connectivity index (χ3v) is 4.44. The summed E-state index contributed by atoms with van der Waals surface area (Å²) in [6.45, 7) is 9.00. The van der Waals surface area contributed by atoms with Crippen LogP contribution in [0.3, 0.4) is 0 Å². The van der Waals surface area contributed by atoms with Crippen LogP contribution in [0.2, 0.25) is 0 Å². The van der Waals surface area contributed by atoms with Crippen molar-refractivity contribution in [3.05, 3.63) is 35.4 Å². The first-order valence-electron chi connectivity index (χ1n) is 8.25. The van der Waals surface area contributed by atoms with E-state index in [1.807, 2.05) is 0 Å². The number of nitrogens with zero attached hydrogens (tertiary/aromatic N) is 2. The van der Waals surface area contributed by atoms with E-state index >= 15 is 0 Å². The normalized spacial score (nSPS) is 19.8. The average molecular weight is 289 g/mol. The highest BCUT2D eigenvalue weighted by Gasteiger charge is 2.24. The smallest absolute Gasteiger partial charge is 0.0237 e. The van der Waals surface area contributed by atoms with Gasteiger partial charge in [-0.1, -0.05) is 38.1 Å². The van der Waals surface area contributed by atoms with Crippen molar-refractivity contribution in [2.75, 3.05) is 33.7 Å². The Labute approximate surface area is 130 Å². The van der Waals surface area contributed by atoms with Gasteiger partial charge in [-0.05, 0) is 44.6 Å². The van der Waals surface area contributed by atoms with Crippen molar-refractivity contribution in [3.63, 3.8) is 0 Å². The van der Waals surface area contributed by atoms with Gasteiger partial charge in [0.1, 0.15) is 0 Å². The van der Waals surface area contributed by atoms with Crippen LogP contribution in [0, 0.1) is 0 Å². The lowest BCUT2D eigenvalue weighted by Gasteiger charge is -2.21. The van der Waals surface area contributed by atoms with Crippen molar-refractivity contribution in [1.29, 1.82) is 0 Å². The van der Waals surface area contributed by atoms with E-state index in [1.54, 1.807) is 0 Å². The summed E-state index contributed by atoms with van der Waals surface area (Å²) in [7, 11) is 4.39. The average Bonchev–Trinajstić information content (AvgIpc) is 2.89. The SMILES string of the molecule is CC(C)NCCc1ccccc1CN1CCC(N(C)C)C1. The number of hydrogen-bond donors (Lipinski definition) is 1. The van der Waals surface area contributed by atoms with Crippen molar-refractivity contribution in [2.45, 2.75) is 45.3 Å². The van der Waals surface area contributed by atoms with E-state index in [1.165, 1.54) is 30.6 Å². The lowest BCUT2D eigenvalue weighted by atomic mass is 10.0. The molecule has 1 aromatic rings. The summed E-state index contributed by atoms with van der Waals surface area (Å²) in [5, 5.41) is 3.52. The predicted molar refractivity (Wildman–Crippen MR) is 90.7 cm³/mol. The van der Waals surface area contributed by atoms with Crippen molar-refractivity contribution < 1.29 is 0 Å². The fraction of sp³-hybridized carbons (Fsp3) is 0.667. The molecule has 1 saturated heterocycles. The summed E-state index contributed by atoms with van der Waals surface area (Å²) in [4.78, 5) is 4.96. The van der Waals surface area contributed by atoms with Crippen molar-refractivity contribution in [2.24, 2.45) is 0 Å². The van der Waals surface area contributed by atoms with Crippen LogP contribution in [0.1, 0.15) is 31.4 Å². The number of likely N-dealkylation sites (N-methyl/N-ethyl adjacent to an activating group) is 1. The summed E-state index contributed by atoms with van der Waals surface area (Å²) < 4.78 is 0. The van der Waals surface area contributed by atoms with Crippen LogP contribution in [0.5, 0.6) is 0 Å². The Morgan fingerprint density at radius 2 is 1.95 bits per heavy atom. The van der Waals surface area contributed by atoms with Gasteiger partial charge in [-0.15, -0.1) is 0 Å². The van der Waals surface area contributed by atoms with Crippen LogP contribution in [0.25, 0.3) is 0 Å². The molecule has 1 unspecified atom stereocenters. The van der Waals surface area contributed by atoms with Gasteiger partial charge >= 0.3 is 0 Å². The van der Waals surface area contributed by atoms with Gasteiger partial charge in [0.05, 0.1) is 0 Å². The Balaban J connectivity index is 1.91. The molecule has 0 amide bonds. The summed E-state index contributed by atoms with van der Waals surface area (Å²) in [5.74, 6) is 0. The molecule has 1 aliphatic heterocycles. The van der Waals surface area contributed by atoms with Crippen LogP contribution in [-0.4, -0.2) is 55.6 Å². The monoisotopic (exact) mass is 289 g/mol. The van der Waals surface area contributed by atoms with Crippen LogP contribution in [0.4, 0.5) is 0 Å². The van der Waals surface area contributed by atoms with Gasteiger partial charge in [-0.25, -0.2) is 0 Å². The Bertz CT molecular complexity index is 428. The standard InChI is InChI=1S/C18H31N3/c1-15(2)19-11-9-16-7-5-6-8-17(16)13-21-12-10-18(14-21)20(3)4/h5-8,15,18-19H,9-14H2,1-4H3. The fourth-order valence-corrected chi connectivity index (χ4v) is 3.07. The van der Waals surface area contributed by atoms with E-state index in [-0.39, 0.29) is 0 Å². The second kappa shape index (κ2) is 7.92. The maximum atomic E-state index is 3.52. The van der Waals surface area contributed by atoms with E-state index in [4.69, 9.17) is 0 Å². The van der Waals surface area contributed by atoms with Crippen molar-refractivity contribution >= 4 is 0 Å². The molecule has 1 N–H and O–H groups in total. The zero-order chi connectivity index (χ0) is 15.2. The molecule has 0 bridgehead atoms. The molecule has 2 rings (SSSR count). The minimum atomic E-state index is 0.566. The molecule has 21 heavy (non-hydrogen) atoms. The summed E-state index contributed by atoms with van der Waals surface area (Å²) in [6.07, 6.45) is 2.42. The third kappa shape index (κ3) is 5.10. The molecule has 1 aliphatic rings. The van der Waals surface area contributed by atoms with Gasteiger partial charge in [-0.3, -0.25) is 4.90 Å². The summed E-state index contributed by atoms with van der Waals surface area (Å²) in [6, 6.07) is 10.2. The highest BCUT2D eigenvalue weighted by molar-refractivity contribution is 5.27. The van der Waals surface area contributed by atoms with E-state index in [2.05, 4.69) is 67.3 Å². The highest BCUT2D eigenvalue weighted by atomic mass is 15.2. The molecule has 3 nitrogen and oxygen atoms in total.